The fraction of sp³-hybridized carbons (Fsp3) is 0.105. The zero-order valence-corrected chi connectivity index (χ0v) is 14.0. The van der Waals surface area contributed by atoms with Gasteiger partial charge in [0.05, 0.1) is 30.5 Å². The van der Waals surface area contributed by atoms with E-state index in [0.29, 0.717) is 17.5 Å². The van der Waals surface area contributed by atoms with Crippen molar-refractivity contribution in [2.75, 3.05) is 7.11 Å². The first-order chi connectivity index (χ1) is 12.5. The van der Waals surface area contributed by atoms with Crippen LogP contribution in [0.3, 0.4) is 0 Å². The van der Waals surface area contributed by atoms with Gasteiger partial charge in [-0.1, -0.05) is 6.08 Å². The molecule has 1 amide bonds. The molecule has 132 valence electrons. The third kappa shape index (κ3) is 4.24. The molecule has 0 saturated heterocycles. The van der Waals surface area contributed by atoms with Gasteiger partial charge in [0.15, 0.2) is 11.5 Å². The number of halogens is 1. The second-order valence-corrected chi connectivity index (χ2v) is 5.23. The number of rotatable bonds is 6. The van der Waals surface area contributed by atoms with Crippen molar-refractivity contribution in [1.29, 1.82) is 5.26 Å². The van der Waals surface area contributed by atoms with Crippen LogP contribution in [0.2, 0.25) is 0 Å². The topological polar surface area (TPSA) is 94.7 Å². The zero-order valence-electron chi connectivity index (χ0n) is 14.0. The van der Waals surface area contributed by atoms with Gasteiger partial charge >= 0.3 is 0 Å². The summed E-state index contributed by atoms with van der Waals surface area (Å²) in [6.07, 6.45) is 3.39. The molecule has 2 N–H and O–H groups in total. The van der Waals surface area contributed by atoms with E-state index >= 15 is 0 Å². The van der Waals surface area contributed by atoms with Gasteiger partial charge in [-0.15, -0.1) is 6.58 Å². The maximum Gasteiger partial charge on any atom is 0.274 e. The third-order valence-electron chi connectivity index (χ3n) is 3.48. The van der Waals surface area contributed by atoms with Gasteiger partial charge in [-0.3, -0.25) is 4.79 Å². The van der Waals surface area contributed by atoms with Crippen LogP contribution >= 0.6 is 0 Å². The van der Waals surface area contributed by atoms with Gasteiger partial charge in [0.2, 0.25) is 0 Å². The number of nitrogens with one attached hydrogen (secondary N) is 1. The summed E-state index contributed by atoms with van der Waals surface area (Å²) in [5.74, 6) is -1.29. The Morgan fingerprint density at radius 3 is 2.85 bits per heavy atom. The SMILES string of the molecule is C=CCc1cc(/C=N/NC(=O)c2ccc(C#N)cc2F)cc(OC)c1O. The van der Waals surface area contributed by atoms with Crippen molar-refractivity contribution >= 4 is 12.1 Å². The largest absolute Gasteiger partial charge is 0.504 e. The summed E-state index contributed by atoms with van der Waals surface area (Å²) in [5, 5.41) is 22.5. The number of carbonyl (C=O) groups is 1. The summed E-state index contributed by atoms with van der Waals surface area (Å²) in [6, 6.07) is 8.53. The van der Waals surface area contributed by atoms with Crippen LogP contribution in [-0.2, 0) is 6.42 Å². The Bertz CT molecular complexity index is 917. The Kier molecular flexibility index (Phi) is 6.06. The van der Waals surface area contributed by atoms with E-state index in [4.69, 9.17) is 10.00 Å². The van der Waals surface area contributed by atoms with Crippen LogP contribution in [0.25, 0.3) is 0 Å². The molecule has 0 atom stereocenters. The molecule has 7 heteroatoms. The Morgan fingerprint density at radius 2 is 2.23 bits per heavy atom. The van der Waals surface area contributed by atoms with E-state index in [1.165, 1.54) is 25.5 Å². The predicted molar refractivity (Wildman–Crippen MR) is 94.7 cm³/mol. The molecule has 0 aliphatic carbocycles. The molecule has 2 rings (SSSR count). The summed E-state index contributed by atoms with van der Waals surface area (Å²) < 4.78 is 18.9. The lowest BCUT2D eigenvalue weighted by molar-refractivity contribution is 0.0951. The minimum atomic E-state index is -0.809. The number of phenolic OH excluding ortho intramolecular Hbond substituents is 1. The molecule has 2 aromatic carbocycles. The van der Waals surface area contributed by atoms with Crippen LogP contribution < -0.4 is 10.2 Å². The molecule has 0 radical (unpaired) electrons. The highest BCUT2D eigenvalue weighted by atomic mass is 19.1. The normalized spacial score (nSPS) is 10.3. The lowest BCUT2D eigenvalue weighted by atomic mass is 10.1. The third-order valence-corrected chi connectivity index (χ3v) is 3.48. The number of nitrogens with zero attached hydrogens (tertiary/aromatic N) is 2. The molecule has 0 aromatic heterocycles. The predicted octanol–water partition coefficient (Wildman–Crippen LogP) is 2.90. The smallest absolute Gasteiger partial charge is 0.274 e. The molecule has 0 aliphatic rings. The number of aromatic hydroxyl groups is 1. The van der Waals surface area contributed by atoms with Crippen LogP contribution in [0.15, 0.2) is 48.1 Å². The van der Waals surface area contributed by atoms with Gasteiger partial charge < -0.3 is 9.84 Å². The molecule has 0 saturated carbocycles. The van der Waals surface area contributed by atoms with Gasteiger partial charge in [-0.25, -0.2) is 9.82 Å². The van der Waals surface area contributed by atoms with Crippen molar-refractivity contribution in [3.8, 4) is 17.6 Å². The Hall–Kier alpha value is -3.66. The molecular formula is C19H16FN3O3. The summed E-state index contributed by atoms with van der Waals surface area (Å²) >= 11 is 0. The zero-order chi connectivity index (χ0) is 19.1. The molecule has 0 aliphatic heterocycles. The van der Waals surface area contributed by atoms with Crippen molar-refractivity contribution in [2.24, 2.45) is 5.10 Å². The molecule has 6 nitrogen and oxygen atoms in total. The number of phenols is 1. The standard InChI is InChI=1S/C19H16FN3O3/c1-3-4-14-7-13(9-17(26-2)18(14)24)11-22-23-19(25)15-6-5-12(10-21)8-16(15)20/h3,5-9,11,24H,1,4H2,2H3,(H,23,25)/b22-11+. The van der Waals surface area contributed by atoms with Crippen LogP contribution in [0.4, 0.5) is 4.39 Å². The van der Waals surface area contributed by atoms with E-state index in [-0.39, 0.29) is 22.6 Å². The highest BCUT2D eigenvalue weighted by molar-refractivity contribution is 5.95. The average Bonchev–Trinajstić information content (AvgIpc) is 2.63. The van der Waals surface area contributed by atoms with Crippen LogP contribution in [0.5, 0.6) is 11.5 Å². The Morgan fingerprint density at radius 1 is 1.46 bits per heavy atom. The molecule has 2 aromatic rings. The quantitative estimate of drug-likeness (QED) is 0.474. The minimum Gasteiger partial charge on any atom is -0.504 e. The van der Waals surface area contributed by atoms with Crippen molar-refractivity contribution in [3.63, 3.8) is 0 Å². The van der Waals surface area contributed by atoms with Crippen LogP contribution in [0.1, 0.15) is 27.0 Å². The van der Waals surface area contributed by atoms with Gasteiger partial charge in [0, 0.05) is 5.56 Å². The second-order valence-electron chi connectivity index (χ2n) is 5.23. The van der Waals surface area contributed by atoms with Crippen molar-refractivity contribution in [1.82, 2.24) is 5.43 Å². The average molecular weight is 353 g/mol. The summed E-state index contributed by atoms with van der Waals surface area (Å²) in [6.45, 7) is 3.62. The molecule has 0 spiro atoms. The summed E-state index contributed by atoms with van der Waals surface area (Å²) in [7, 11) is 1.42. The number of ether oxygens (including phenoxy) is 1. The molecular weight excluding hydrogens is 337 g/mol. The van der Waals surface area contributed by atoms with Crippen LogP contribution in [0, 0.1) is 17.1 Å². The van der Waals surface area contributed by atoms with Gasteiger partial charge in [-0.05, 0) is 42.3 Å². The van der Waals surface area contributed by atoms with Crippen molar-refractivity contribution in [3.05, 3.63) is 71.1 Å². The first-order valence-electron chi connectivity index (χ1n) is 7.54. The lowest BCUT2D eigenvalue weighted by Crippen LogP contribution is -2.19. The van der Waals surface area contributed by atoms with E-state index in [1.807, 2.05) is 0 Å². The number of nitriles is 1. The van der Waals surface area contributed by atoms with E-state index in [0.717, 1.165) is 6.07 Å². The van der Waals surface area contributed by atoms with Gasteiger partial charge in [-0.2, -0.15) is 10.4 Å². The highest BCUT2D eigenvalue weighted by Crippen LogP contribution is 2.31. The van der Waals surface area contributed by atoms with E-state index in [1.54, 1.807) is 24.3 Å². The second kappa shape index (κ2) is 8.44. The molecule has 0 bridgehead atoms. The molecule has 0 heterocycles. The van der Waals surface area contributed by atoms with Crippen molar-refractivity contribution < 1.29 is 19.0 Å². The Balaban J connectivity index is 2.17. The summed E-state index contributed by atoms with van der Waals surface area (Å²) in [5.41, 5.74) is 3.26. The fourth-order valence-electron chi connectivity index (χ4n) is 2.22. The number of hydrogen-bond donors (Lipinski definition) is 2. The monoisotopic (exact) mass is 353 g/mol. The van der Waals surface area contributed by atoms with Gasteiger partial charge in [0.25, 0.3) is 5.91 Å². The fourth-order valence-corrected chi connectivity index (χ4v) is 2.22. The van der Waals surface area contributed by atoms with E-state index in [2.05, 4.69) is 17.1 Å². The molecule has 0 fully saturated rings. The first kappa shape index (κ1) is 18.7. The minimum absolute atomic E-state index is 0.00763. The van der Waals surface area contributed by atoms with Crippen LogP contribution in [-0.4, -0.2) is 24.3 Å². The number of hydrogen-bond acceptors (Lipinski definition) is 5. The van der Waals surface area contributed by atoms with E-state index < -0.39 is 11.7 Å². The number of methoxy groups -OCH3 is 1. The highest BCUT2D eigenvalue weighted by Gasteiger charge is 2.12. The molecule has 0 unspecified atom stereocenters. The molecule has 26 heavy (non-hydrogen) atoms. The number of benzene rings is 2. The maximum atomic E-state index is 13.8. The number of allylic oxidation sites excluding steroid dienone is 1. The number of carbonyl (C=O) groups excluding carboxylic acids is 1. The lowest BCUT2D eigenvalue weighted by Gasteiger charge is -2.09. The van der Waals surface area contributed by atoms with E-state index in [9.17, 15) is 14.3 Å². The first-order valence-corrected chi connectivity index (χ1v) is 7.54. The maximum absolute atomic E-state index is 13.8. The Labute approximate surface area is 149 Å². The van der Waals surface area contributed by atoms with Crippen molar-refractivity contribution in [2.45, 2.75) is 6.42 Å². The summed E-state index contributed by atoms with van der Waals surface area (Å²) in [4.78, 5) is 12.0. The number of hydrazone groups is 1. The van der Waals surface area contributed by atoms with Gasteiger partial charge in [0.1, 0.15) is 5.82 Å². The number of amides is 1.